The average molecular weight is 315 g/mol. The molecule has 94 valence electrons. The molecule has 8 heteroatoms. The van der Waals surface area contributed by atoms with Crippen molar-refractivity contribution >= 4 is 21.9 Å². The molecule has 0 aliphatic carbocycles. The van der Waals surface area contributed by atoms with Crippen LogP contribution in [0.5, 0.6) is 0 Å². The highest BCUT2D eigenvalue weighted by Gasteiger charge is 2.21. The van der Waals surface area contributed by atoms with Crippen LogP contribution in [0.1, 0.15) is 13.0 Å². The maximum Gasteiger partial charge on any atom is 0.328 e. The van der Waals surface area contributed by atoms with E-state index in [0.29, 0.717) is 10.0 Å². The Morgan fingerprint density at radius 1 is 1.56 bits per heavy atom. The van der Waals surface area contributed by atoms with Crippen molar-refractivity contribution in [1.82, 2.24) is 20.2 Å². The molecule has 18 heavy (non-hydrogen) atoms. The van der Waals surface area contributed by atoms with Gasteiger partial charge >= 0.3 is 5.97 Å². The van der Waals surface area contributed by atoms with Gasteiger partial charge in [0.05, 0.1) is 0 Å². The van der Waals surface area contributed by atoms with Crippen LogP contribution in [-0.4, -0.2) is 31.3 Å². The first-order chi connectivity index (χ1) is 8.50. The van der Waals surface area contributed by atoms with E-state index in [4.69, 9.17) is 5.11 Å². The summed E-state index contributed by atoms with van der Waals surface area (Å²) in [5.74, 6) is -1.34. The van der Waals surface area contributed by atoms with E-state index in [1.54, 1.807) is 0 Å². The number of carboxylic acid groups (broad SMARTS) is 1. The van der Waals surface area contributed by atoms with Crippen molar-refractivity contribution in [2.45, 2.75) is 13.0 Å². The van der Waals surface area contributed by atoms with Crippen molar-refractivity contribution < 1.29 is 14.3 Å². The van der Waals surface area contributed by atoms with Crippen LogP contribution in [0.4, 0.5) is 4.39 Å². The van der Waals surface area contributed by atoms with E-state index in [0.717, 1.165) is 4.68 Å². The van der Waals surface area contributed by atoms with E-state index < -0.39 is 17.8 Å². The topological polar surface area (TPSA) is 80.9 Å². The van der Waals surface area contributed by atoms with Gasteiger partial charge in [-0.3, -0.25) is 0 Å². The fraction of sp³-hybridized carbons (Fsp3) is 0.200. The lowest BCUT2D eigenvalue weighted by molar-refractivity contribution is -0.140. The van der Waals surface area contributed by atoms with Crippen LogP contribution < -0.4 is 0 Å². The monoisotopic (exact) mass is 314 g/mol. The molecule has 1 heterocycles. The predicted octanol–water partition coefficient (Wildman–Crippen LogP) is 1.89. The lowest BCUT2D eigenvalue weighted by Crippen LogP contribution is -2.18. The van der Waals surface area contributed by atoms with E-state index in [1.807, 2.05) is 0 Å². The van der Waals surface area contributed by atoms with Gasteiger partial charge in [0.15, 0.2) is 11.9 Å². The molecule has 1 unspecified atom stereocenters. The smallest absolute Gasteiger partial charge is 0.328 e. The molecule has 0 radical (unpaired) electrons. The average Bonchev–Trinajstić information content (AvgIpc) is 2.80. The zero-order chi connectivity index (χ0) is 13.3. The Labute approximate surface area is 110 Å². The number of benzene rings is 1. The van der Waals surface area contributed by atoms with Crippen molar-refractivity contribution in [3.05, 3.63) is 28.5 Å². The highest BCUT2D eigenvalue weighted by Crippen LogP contribution is 2.28. The van der Waals surface area contributed by atoms with Gasteiger partial charge in [-0.25, -0.2) is 13.9 Å². The summed E-state index contributed by atoms with van der Waals surface area (Å²) in [4.78, 5) is 10.9. The Hall–Kier alpha value is -1.83. The number of rotatable bonds is 3. The summed E-state index contributed by atoms with van der Waals surface area (Å²) < 4.78 is 14.9. The summed E-state index contributed by atoms with van der Waals surface area (Å²) in [6.45, 7) is 1.44. The van der Waals surface area contributed by atoms with Gasteiger partial charge < -0.3 is 5.11 Å². The summed E-state index contributed by atoms with van der Waals surface area (Å²) in [6.07, 6.45) is 0. The van der Waals surface area contributed by atoms with Gasteiger partial charge in [0.25, 0.3) is 0 Å². The molecule has 0 aliphatic rings. The Morgan fingerprint density at radius 2 is 2.28 bits per heavy atom. The summed E-state index contributed by atoms with van der Waals surface area (Å²) in [5, 5.41) is 19.7. The fourth-order valence-electron chi connectivity index (χ4n) is 1.41. The van der Waals surface area contributed by atoms with E-state index >= 15 is 0 Å². The van der Waals surface area contributed by atoms with Crippen molar-refractivity contribution in [2.24, 2.45) is 0 Å². The van der Waals surface area contributed by atoms with Crippen molar-refractivity contribution in [3.8, 4) is 11.4 Å². The van der Waals surface area contributed by atoms with Crippen LogP contribution in [0.15, 0.2) is 22.7 Å². The molecule has 0 fully saturated rings. The van der Waals surface area contributed by atoms with Crippen LogP contribution >= 0.6 is 15.9 Å². The number of hydrogen-bond acceptors (Lipinski definition) is 4. The number of carboxylic acids is 1. The molecule has 0 spiro atoms. The number of carbonyl (C=O) groups is 1. The molecular formula is C10H8BrFN4O2. The second-order valence-corrected chi connectivity index (χ2v) is 4.44. The van der Waals surface area contributed by atoms with Crippen LogP contribution in [0.3, 0.4) is 0 Å². The molecule has 0 bridgehead atoms. The first-order valence-electron chi connectivity index (χ1n) is 4.97. The summed E-state index contributed by atoms with van der Waals surface area (Å²) in [5.41, 5.74) is 0.396. The fourth-order valence-corrected chi connectivity index (χ4v) is 1.83. The van der Waals surface area contributed by atoms with E-state index in [1.165, 1.54) is 25.1 Å². The van der Waals surface area contributed by atoms with E-state index in [-0.39, 0.29) is 5.82 Å². The summed E-state index contributed by atoms with van der Waals surface area (Å²) in [7, 11) is 0. The van der Waals surface area contributed by atoms with Gasteiger partial charge in [0.1, 0.15) is 5.82 Å². The molecule has 1 atom stereocenters. The predicted molar refractivity (Wildman–Crippen MR) is 63.3 cm³/mol. The number of hydrogen-bond donors (Lipinski definition) is 1. The van der Waals surface area contributed by atoms with Crippen molar-refractivity contribution in [1.29, 1.82) is 0 Å². The van der Waals surface area contributed by atoms with Crippen molar-refractivity contribution in [2.75, 3.05) is 0 Å². The Kier molecular flexibility index (Phi) is 3.37. The van der Waals surface area contributed by atoms with Crippen molar-refractivity contribution in [3.63, 3.8) is 0 Å². The zero-order valence-corrected chi connectivity index (χ0v) is 10.8. The third-order valence-corrected chi connectivity index (χ3v) is 3.08. The zero-order valence-electron chi connectivity index (χ0n) is 9.21. The molecule has 0 saturated carbocycles. The lowest BCUT2D eigenvalue weighted by Gasteiger charge is -2.09. The maximum absolute atomic E-state index is 13.2. The third kappa shape index (κ3) is 2.23. The van der Waals surface area contributed by atoms with Crippen LogP contribution in [0.25, 0.3) is 11.4 Å². The van der Waals surface area contributed by atoms with Gasteiger partial charge in [-0.05, 0) is 35.5 Å². The molecular weight excluding hydrogens is 307 g/mol. The summed E-state index contributed by atoms with van der Waals surface area (Å²) >= 11 is 3.25. The highest BCUT2D eigenvalue weighted by molar-refractivity contribution is 9.10. The van der Waals surface area contributed by atoms with Crippen LogP contribution in [0, 0.1) is 5.82 Å². The largest absolute Gasteiger partial charge is 0.480 e. The molecule has 6 nitrogen and oxygen atoms in total. The second kappa shape index (κ2) is 4.81. The number of nitrogens with zero attached hydrogens (tertiary/aromatic N) is 4. The highest BCUT2D eigenvalue weighted by atomic mass is 79.9. The third-order valence-electron chi connectivity index (χ3n) is 2.39. The minimum atomic E-state index is -1.07. The summed E-state index contributed by atoms with van der Waals surface area (Å²) in [6, 6.07) is 3.09. The Balaban J connectivity index is 2.55. The van der Waals surface area contributed by atoms with Crippen LogP contribution in [0.2, 0.25) is 0 Å². The molecule has 0 aliphatic heterocycles. The number of aliphatic carboxylic acids is 1. The van der Waals surface area contributed by atoms with Crippen LogP contribution in [-0.2, 0) is 4.79 Å². The quantitative estimate of drug-likeness (QED) is 0.935. The maximum atomic E-state index is 13.2. The first kappa shape index (κ1) is 12.6. The Bertz CT molecular complexity index is 601. The molecule has 1 N–H and O–H groups in total. The molecule has 2 aromatic rings. The first-order valence-corrected chi connectivity index (χ1v) is 5.76. The molecule has 1 aromatic heterocycles. The van der Waals surface area contributed by atoms with Gasteiger partial charge in [-0.2, -0.15) is 0 Å². The van der Waals surface area contributed by atoms with E-state index in [9.17, 15) is 9.18 Å². The Morgan fingerprint density at radius 3 is 2.94 bits per heavy atom. The number of halogens is 2. The number of aromatic nitrogens is 4. The SMILES string of the molecule is CC(C(=O)O)n1nnnc1-c1cc(F)ccc1Br. The van der Waals surface area contributed by atoms with Gasteiger partial charge in [0, 0.05) is 10.0 Å². The normalized spacial score (nSPS) is 12.4. The minimum absolute atomic E-state index is 0.191. The molecule has 0 amide bonds. The molecule has 0 saturated heterocycles. The van der Waals surface area contributed by atoms with Gasteiger partial charge in [0.2, 0.25) is 0 Å². The molecule has 2 rings (SSSR count). The standard InChI is InChI=1S/C10H8BrFN4O2/c1-5(10(17)18)16-9(13-14-15-16)7-4-6(12)2-3-8(7)11/h2-5H,1H3,(H,17,18). The second-order valence-electron chi connectivity index (χ2n) is 3.59. The van der Waals surface area contributed by atoms with Gasteiger partial charge in [-0.15, -0.1) is 5.10 Å². The van der Waals surface area contributed by atoms with Gasteiger partial charge in [-0.1, -0.05) is 15.9 Å². The number of tetrazole rings is 1. The molecule has 1 aromatic carbocycles. The van der Waals surface area contributed by atoms with E-state index in [2.05, 4.69) is 31.5 Å². The lowest BCUT2D eigenvalue weighted by atomic mass is 10.2. The minimum Gasteiger partial charge on any atom is -0.480 e.